The van der Waals surface area contributed by atoms with E-state index >= 15 is 0 Å². The summed E-state index contributed by atoms with van der Waals surface area (Å²) in [6, 6.07) is 8.97. The van der Waals surface area contributed by atoms with Gasteiger partial charge in [-0.3, -0.25) is 0 Å². The fraction of sp³-hybridized carbons (Fsp3) is 0.760. The van der Waals surface area contributed by atoms with Crippen LogP contribution in [-0.4, -0.2) is 19.0 Å². The maximum absolute atomic E-state index is 6.08. The zero-order chi connectivity index (χ0) is 20.7. The van der Waals surface area contributed by atoms with Gasteiger partial charge in [0.2, 0.25) is 0 Å². The smallest absolute Gasteiger partial charge is 0.147 e. The lowest BCUT2D eigenvalue weighted by molar-refractivity contribution is -0.0146. The lowest BCUT2D eigenvalue weighted by Crippen LogP contribution is -2.44. The van der Waals surface area contributed by atoms with Crippen molar-refractivity contribution in [2.24, 2.45) is 10.8 Å². The molecule has 154 valence electrons. The van der Waals surface area contributed by atoms with Gasteiger partial charge >= 0.3 is 0 Å². The molecule has 0 bridgehead atoms. The predicted octanol–water partition coefficient (Wildman–Crippen LogP) is 6.86. The average molecular weight is 375 g/mol. The van der Waals surface area contributed by atoms with Gasteiger partial charge in [-0.25, -0.2) is 0 Å². The first kappa shape index (κ1) is 22.4. The van der Waals surface area contributed by atoms with E-state index in [9.17, 15) is 0 Å². The van der Waals surface area contributed by atoms with Crippen LogP contribution in [0.2, 0.25) is 0 Å². The van der Waals surface area contributed by atoms with Crippen LogP contribution in [0.15, 0.2) is 24.3 Å². The van der Waals surface area contributed by atoms with Crippen molar-refractivity contribution in [1.29, 1.82) is 0 Å². The third kappa shape index (κ3) is 5.15. The first-order valence-electron chi connectivity index (χ1n) is 10.5. The fourth-order valence-electron chi connectivity index (χ4n) is 4.34. The maximum Gasteiger partial charge on any atom is 0.147 e. The number of rotatable bonds is 5. The van der Waals surface area contributed by atoms with E-state index in [1.165, 1.54) is 11.1 Å². The standard InChI is InChI=1S/C25H42O2/c1-22(2,3)18-13-11-12-14-19(18)24(7,8)15-16-25(9,10)21-20(23(4,5)6)26-17-27-21/h11-14,20-21H,15-17H2,1-10H3. The average Bonchev–Trinajstić information content (AvgIpc) is 3.03. The molecule has 0 saturated carbocycles. The topological polar surface area (TPSA) is 18.5 Å². The van der Waals surface area contributed by atoms with Crippen molar-refractivity contribution >= 4 is 0 Å². The molecule has 0 spiro atoms. The molecule has 2 rings (SSSR count). The van der Waals surface area contributed by atoms with E-state index in [-0.39, 0.29) is 33.9 Å². The van der Waals surface area contributed by atoms with Crippen LogP contribution >= 0.6 is 0 Å². The molecule has 0 aromatic heterocycles. The molecule has 2 heteroatoms. The third-order valence-corrected chi connectivity index (χ3v) is 6.25. The van der Waals surface area contributed by atoms with Gasteiger partial charge in [0.05, 0.1) is 12.2 Å². The lowest BCUT2D eigenvalue weighted by Gasteiger charge is -2.41. The molecule has 0 radical (unpaired) electrons. The Morgan fingerprint density at radius 2 is 1.26 bits per heavy atom. The molecule has 1 saturated heterocycles. The van der Waals surface area contributed by atoms with Crippen molar-refractivity contribution in [1.82, 2.24) is 0 Å². The van der Waals surface area contributed by atoms with Gasteiger partial charge in [0.15, 0.2) is 0 Å². The summed E-state index contributed by atoms with van der Waals surface area (Å²) in [5.41, 5.74) is 3.38. The summed E-state index contributed by atoms with van der Waals surface area (Å²) in [6.07, 6.45) is 2.53. The van der Waals surface area contributed by atoms with Crippen LogP contribution in [-0.2, 0) is 20.3 Å². The van der Waals surface area contributed by atoms with Gasteiger partial charge in [-0.1, -0.05) is 93.5 Å². The molecule has 1 heterocycles. The highest BCUT2D eigenvalue weighted by Crippen LogP contribution is 2.44. The van der Waals surface area contributed by atoms with Crippen molar-refractivity contribution in [2.45, 2.75) is 105 Å². The van der Waals surface area contributed by atoms with E-state index in [1.54, 1.807) is 0 Å². The van der Waals surface area contributed by atoms with Gasteiger partial charge in [-0.05, 0) is 45.6 Å². The second-order valence-electron chi connectivity index (χ2n) is 11.8. The summed E-state index contributed by atoms with van der Waals surface area (Å²) >= 11 is 0. The highest BCUT2D eigenvalue weighted by Gasteiger charge is 2.46. The van der Waals surface area contributed by atoms with E-state index in [0.29, 0.717) is 6.79 Å². The molecule has 2 nitrogen and oxygen atoms in total. The summed E-state index contributed by atoms with van der Waals surface area (Å²) in [6.45, 7) is 23.6. The molecule has 1 aromatic carbocycles. The second-order valence-corrected chi connectivity index (χ2v) is 11.8. The van der Waals surface area contributed by atoms with Gasteiger partial charge in [0.1, 0.15) is 6.79 Å². The minimum atomic E-state index is 0.0718. The Balaban J connectivity index is 2.20. The van der Waals surface area contributed by atoms with Crippen LogP contribution in [0.5, 0.6) is 0 Å². The molecule has 1 aliphatic heterocycles. The number of benzene rings is 1. The highest BCUT2D eigenvalue weighted by atomic mass is 16.7. The maximum atomic E-state index is 6.08. The van der Waals surface area contributed by atoms with Crippen LogP contribution in [0.25, 0.3) is 0 Å². The van der Waals surface area contributed by atoms with Crippen LogP contribution in [0.1, 0.15) is 93.2 Å². The predicted molar refractivity (Wildman–Crippen MR) is 115 cm³/mol. The van der Waals surface area contributed by atoms with Gasteiger partial charge in [0, 0.05) is 0 Å². The second kappa shape index (κ2) is 7.52. The Morgan fingerprint density at radius 1 is 0.741 bits per heavy atom. The Bertz CT molecular complexity index is 628. The summed E-state index contributed by atoms with van der Waals surface area (Å²) < 4.78 is 12.1. The molecule has 1 aliphatic rings. The van der Waals surface area contributed by atoms with Gasteiger partial charge in [0.25, 0.3) is 0 Å². The van der Waals surface area contributed by atoms with Gasteiger partial charge < -0.3 is 9.47 Å². The van der Waals surface area contributed by atoms with Gasteiger partial charge in [-0.2, -0.15) is 0 Å². The summed E-state index contributed by atoms with van der Waals surface area (Å²) in [5.74, 6) is 0. The molecule has 1 fully saturated rings. The van der Waals surface area contributed by atoms with E-state index in [4.69, 9.17) is 9.47 Å². The number of hydrogen-bond donors (Lipinski definition) is 0. The Hall–Kier alpha value is -0.860. The monoisotopic (exact) mass is 374 g/mol. The van der Waals surface area contributed by atoms with Crippen molar-refractivity contribution in [3.8, 4) is 0 Å². The van der Waals surface area contributed by atoms with Crippen molar-refractivity contribution in [2.75, 3.05) is 6.79 Å². The molecule has 27 heavy (non-hydrogen) atoms. The van der Waals surface area contributed by atoms with Gasteiger partial charge in [-0.15, -0.1) is 0 Å². The summed E-state index contributed by atoms with van der Waals surface area (Å²) in [5, 5.41) is 0. The Morgan fingerprint density at radius 3 is 1.78 bits per heavy atom. The Kier molecular flexibility index (Phi) is 6.25. The van der Waals surface area contributed by atoms with Crippen molar-refractivity contribution in [3.05, 3.63) is 35.4 Å². The van der Waals surface area contributed by atoms with E-state index in [1.807, 2.05) is 0 Å². The van der Waals surface area contributed by atoms with Crippen LogP contribution in [0.3, 0.4) is 0 Å². The van der Waals surface area contributed by atoms with Crippen LogP contribution in [0.4, 0.5) is 0 Å². The van der Waals surface area contributed by atoms with Crippen LogP contribution < -0.4 is 0 Å². The molecule has 0 N–H and O–H groups in total. The minimum Gasteiger partial charge on any atom is -0.349 e. The van der Waals surface area contributed by atoms with Crippen molar-refractivity contribution < 1.29 is 9.47 Å². The first-order valence-corrected chi connectivity index (χ1v) is 10.5. The molecule has 1 aromatic rings. The van der Waals surface area contributed by atoms with Crippen LogP contribution in [0, 0.1) is 10.8 Å². The quantitative estimate of drug-likeness (QED) is 0.560. The van der Waals surface area contributed by atoms with Crippen molar-refractivity contribution in [3.63, 3.8) is 0 Å². The SMILES string of the molecule is CC(C)(C)c1ccccc1C(C)(C)CCC(C)(C)C1OCOC1C(C)(C)C. The minimum absolute atomic E-state index is 0.0718. The molecule has 2 unspecified atom stereocenters. The molecular weight excluding hydrogens is 332 g/mol. The normalized spacial score (nSPS) is 22.3. The number of hydrogen-bond acceptors (Lipinski definition) is 2. The zero-order valence-corrected chi connectivity index (χ0v) is 19.4. The molecular formula is C25H42O2. The van der Waals surface area contributed by atoms with E-state index in [0.717, 1.165) is 12.8 Å². The summed E-state index contributed by atoms with van der Waals surface area (Å²) in [4.78, 5) is 0. The largest absolute Gasteiger partial charge is 0.349 e. The lowest BCUT2D eigenvalue weighted by atomic mass is 9.67. The highest BCUT2D eigenvalue weighted by molar-refractivity contribution is 5.37. The fourth-order valence-corrected chi connectivity index (χ4v) is 4.34. The molecule has 2 atom stereocenters. The van der Waals surface area contributed by atoms with E-state index < -0.39 is 0 Å². The zero-order valence-electron chi connectivity index (χ0n) is 19.4. The third-order valence-electron chi connectivity index (χ3n) is 6.25. The first-order chi connectivity index (χ1) is 12.2. The summed E-state index contributed by atoms with van der Waals surface area (Å²) in [7, 11) is 0. The number of ether oxygens (including phenoxy) is 2. The Labute approximate surface area is 168 Å². The molecule has 0 aliphatic carbocycles. The molecule has 0 amide bonds. The van der Waals surface area contributed by atoms with E-state index in [2.05, 4.69) is 93.5 Å².